The Labute approximate surface area is 89.8 Å². The van der Waals surface area contributed by atoms with E-state index in [-0.39, 0.29) is 18.2 Å². The monoisotopic (exact) mass is 213 g/mol. The maximum absolute atomic E-state index is 11.3. The molecule has 2 amide bonds. The Bertz CT molecular complexity index is 225. The minimum atomic E-state index is -0.382. The van der Waals surface area contributed by atoms with E-state index in [0.717, 1.165) is 19.4 Å². The van der Waals surface area contributed by atoms with Gasteiger partial charge in [-0.1, -0.05) is 0 Å². The highest BCUT2D eigenvalue weighted by Gasteiger charge is 2.14. The maximum atomic E-state index is 11.3. The fourth-order valence-corrected chi connectivity index (χ4v) is 1.72. The minimum Gasteiger partial charge on any atom is -0.370 e. The molecule has 1 fully saturated rings. The Kier molecular flexibility index (Phi) is 5.10. The molecule has 0 bridgehead atoms. The third-order valence-electron chi connectivity index (χ3n) is 2.58. The van der Waals surface area contributed by atoms with E-state index in [1.54, 1.807) is 0 Å². The largest absolute Gasteiger partial charge is 0.370 e. The molecule has 0 aliphatic carbocycles. The van der Waals surface area contributed by atoms with E-state index in [2.05, 4.69) is 10.6 Å². The molecular formula is C10H19N3O2. The zero-order valence-corrected chi connectivity index (χ0v) is 8.92. The van der Waals surface area contributed by atoms with Crippen LogP contribution in [-0.2, 0) is 9.59 Å². The SMILES string of the molecule is NC(=O)CCNC(=O)CCC1CCCN1. The second-order valence-electron chi connectivity index (χ2n) is 3.90. The van der Waals surface area contributed by atoms with E-state index in [1.165, 1.54) is 6.42 Å². The highest BCUT2D eigenvalue weighted by molar-refractivity contribution is 5.78. The molecule has 1 rings (SSSR count). The third-order valence-corrected chi connectivity index (χ3v) is 2.58. The summed E-state index contributed by atoms with van der Waals surface area (Å²) < 4.78 is 0. The van der Waals surface area contributed by atoms with Crippen molar-refractivity contribution in [2.24, 2.45) is 5.73 Å². The molecule has 1 aliphatic rings. The summed E-state index contributed by atoms with van der Waals surface area (Å²) in [6.45, 7) is 1.42. The predicted molar refractivity (Wildman–Crippen MR) is 57.1 cm³/mol. The average molecular weight is 213 g/mol. The zero-order valence-electron chi connectivity index (χ0n) is 8.92. The van der Waals surface area contributed by atoms with Crippen LogP contribution in [-0.4, -0.2) is 30.9 Å². The molecule has 0 saturated carbocycles. The molecule has 1 atom stereocenters. The number of amides is 2. The number of hydrogen-bond acceptors (Lipinski definition) is 3. The van der Waals surface area contributed by atoms with E-state index in [9.17, 15) is 9.59 Å². The van der Waals surface area contributed by atoms with Gasteiger partial charge in [-0.3, -0.25) is 9.59 Å². The van der Waals surface area contributed by atoms with E-state index >= 15 is 0 Å². The van der Waals surface area contributed by atoms with Crippen molar-refractivity contribution in [1.82, 2.24) is 10.6 Å². The number of carbonyl (C=O) groups is 2. The second-order valence-corrected chi connectivity index (χ2v) is 3.90. The van der Waals surface area contributed by atoms with Gasteiger partial charge in [0.2, 0.25) is 11.8 Å². The molecule has 0 spiro atoms. The van der Waals surface area contributed by atoms with Crippen LogP contribution < -0.4 is 16.4 Å². The molecular weight excluding hydrogens is 194 g/mol. The van der Waals surface area contributed by atoms with Crippen molar-refractivity contribution >= 4 is 11.8 Å². The predicted octanol–water partition coefficient (Wildman–Crippen LogP) is -0.490. The fourth-order valence-electron chi connectivity index (χ4n) is 1.72. The zero-order chi connectivity index (χ0) is 11.1. The smallest absolute Gasteiger partial charge is 0.220 e. The Morgan fingerprint density at radius 2 is 2.20 bits per heavy atom. The minimum absolute atomic E-state index is 0.00458. The summed E-state index contributed by atoms with van der Waals surface area (Å²) in [5.41, 5.74) is 4.95. The third kappa shape index (κ3) is 5.37. The van der Waals surface area contributed by atoms with Gasteiger partial charge in [-0.2, -0.15) is 0 Å². The fraction of sp³-hybridized carbons (Fsp3) is 0.800. The lowest BCUT2D eigenvalue weighted by Gasteiger charge is -2.09. The van der Waals surface area contributed by atoms with Gasteiger partial charge in [-0.25, -0.2) is 0 Å². The molecule has 0 radical (unpaired) electrons. The van der Waals surface area contributed by atoms with E-state index < -0.39 is 0 Å². The van der Waals surface area contributed by atoms with Crippen molar-refractivity contribution in [3.8, 4) is 0 Å². The van der Waals surface area contributed by atoms with Crippen molar-refractivity contribution in [1.29, 1.82) is 0 Å². The van der Waals surface area contributed by atoms with E-state index in [4.69, 9.17) is 5.73 Å². The van der Waals surface area contributed by atoms with Gasteiger partial charge >= 0.3 is 0 Å². The first-order valence-corrected chi connectivity index (χ1v) is 5.47. The topological polar surface area (TPSA) is 84.2 Å². The first-order chi connectivity index (χ1) is 7.18. The van der Waals surface area contributed by atoms with Crippen LogP contribution in [0.25, 0.3) is 0 Å². The van der Waals surface area contributed by atoms with Crippen LogP contribution in [0.3, 0.4) is 0 Å². The lowest BCUT2D eigenvalue weighted by atomic mass is 10.1. The van der Waals surface area contributed by atoms with Crippen LogP contribution in [0.1, 0.15) is 32.1 Å². The number of hydrogen-bond donors (Lipinski definition) is 3. The van der Waals surface area contributed by atoms with Gasteiger partial charge in [0.25, 0.3) is 0 Å². The summed E-state index contributed by atoms with van der Waals surface area (Å²) in [7, 11) is 0. The summed E-state index contributed by atoms with van der Waals surface area (Å²) in [5, 5.41) is 6.00. The highest BCUT2D eigenvalue weighted by Crippen LogP contribution is 2.10. The second kappa shape index (κ2) is 6.40. The van der Waals surface area contributed by atoms with Gasteiger partial charge in [0, 0.05) is 25.4 Å². The van der Waals surface area contributed by atoms with E-state index in [0.29, 0.717) is 19.0 Å². The lowest BCUT2D eigenvalue weighted by Crippen LogP contribution is -2.29. The number of primary amides is 1. The molecule has 86 valence electrons. The highest BCUT2D eigenvalue weighted by atomic mass is 16.2. The Balaban J connectivity index is 2.00. The molecule has 1 heterocycles. The average Bonchev–Trinajstić information content (AvgIpc) is 2.66. The van der Waals surface area contributed by atoms with Gasteiger partial charge < -0.3 is 16.4 Å². The van der Waals surface area contributed by atoms with Crippen LogP contribution in [0.15, 0.2) is 0 Å². The molecule has 0 aromatic rings. The van der Waals surface area contributed by atoms with Crippen molar-refractivity contribution in [2.45, 2.75) is 38.1 Å². The van der Waals surface area contributed by atoms with Crippen LogP contribution in [0, 0.1) is 0 Å². The molecule has 1 saturated heterocycles. The van der Waals surface area contributed by atoms with Gasteiger partial charge in [-0.15, -0.1) is 0 Å². The summed E-state index contributed by atoms with van der Waals surface area (Å²) in [4.78, 5) is 21.7. The first-order valence-electron chi connectivity index (χ1n) is 5.47. The van der Waals surface area contributed by atoms with Gasteiger partial charge in [0.1, 0.15) is 0 Å². The van der Waals surface area contributed by atoms with Crippen LogP contribution >= 0.6 is 0 Å². The van der Waals surface area contributed by atoms with Crippen molar-refractivity contribution in [3.63, 3.8) is 0 Å². The van der Waals surface area contributed by atoms with Gasteiger partial charge in [0.15, 0.2) is 0 Å². The Morgan fingerprint density at radius 1 is 1.40 bits per heavy atom. The number of rotatable bonds is 6. The Hall–Kier alpha value is -1.10. The maximum Gasteiger partial charge on any atom is 0.220 e. The normalized spacial score (nSPS) is 20.1. The molecule has 1 aliphatic heterocycles. The molecule has 0 aromatic carbocycles. The number of carbonyl (C=O) groups excluding carboxylic acids is 2. The van der Waals surface area contributed by atoms with Gasteiger partial charge in [0.05, 0.1) is 0 Å². The van der Waals surface area contributed by atoms with E-state index in [1.807, 2.05) is 0 Å². The first kappa shape index (κ1) is 12.0. The van der Waals surface area contributed by atoms with Gasteiger partial charge in [-0.05, 0) is 25.8 Å². The molecule has 5 nitrogen and oxygen atoms in total. The molecule has 0 aromatic heterocycles. The van der Waals surface area contributed by atoms with Crippen molar-refractivity contribution in [2.75, 3.05) is 13.1 Å². The van der Waals surface area contributed by atoms with Crippen LogP contribution in [0.5, 0.6) is 0 Å². The summed E-state index contributed by atoms with van der Waals surface area (Å²) in [6.07, 6.45) is 3.98. The number of nitrogens with one attached hydrogen (secondary N) is 2. The molecule has 1 unspecified atom stereocenters. The quantitative estimate of drug-likeness (QED) is 0.556. The van der Waals surface area contributed by atoms with Crippen molar-refractivity contribution in [3.05, 3.63) is 0 Å². The van der Waals surface area contributed by atoms with Crippen LogP contribution in [0.4, 0.5) is 0 Å². The summed E-state index contributed by atoms with van der Waals surface area (Å²) in [5.74, 6) is -0.377. The summed E-state index contributed by atoms with van der Waals surface area (Å²) in [6, 6.07) is 0.492. The summed E-state index contributed by atoms with van der Waals surface area (Å²) >= 11 is 0. The van der Waals surface area contributed by atoms with Crippen molar-refractivity contribution < 1.29 is 9.59 Å². The number of nitrogens with two attached hydrogens (primary N) is 1. The van der Waals surface area contributed by atoms with Crippen LogP contribution in [0.2, 0.25) is 0 Å². The Morgan fingerprint density at radius 3 is 2.80 bits per heavy atom. The molecule has 5 heteroatoms. The molecule has 15 heavy (non-hydrogen) atoms. The molecule has 4 N–H and O–H groups in total. The lowest BCUT2D eigenvalue weighted by molar-refractivity contribution is -0.121. The standard InChI is InChI=1S/C10H19N3O2/c11-9(14)5-7-13-10(15)4-3-8-2-1-6-12-8/h8,12H,1-7H2,(H2,11,14)(H,13,15).